The highest BCUT2D eigenvalue weighted by Crippen LogP contribution is 2.35. The number of carbonyl (C=O) groups excluding carboxylic acids is 1. The molecular weight excluding hydrogens is 324 g/mol. The largest absolute Gasteiger partial charge is 0.396 e. The Bertz CT molecular complexity index is 734. The van der Waals surface area contributed by atoms with Crippen molar-refractivity contribution in [3.8, 4) is 0 Å². The predicted molar refractivity (Wildman–Crippen MR) is 91.0 cm³/mol. The zero-order valence-electron chi connectivity index (χ0n) is 14.3. The summed E-state index contributed by atoms with van der Waals surface area (Å²) in [4.78, 5) is 18.8. The van der Waals surface area contributed by atoms with Crippen LogP contribution in [0, 0.1) is 5.41 Å². The van der Waals surface area contributed by atoms with Crippen LogP contribution in [0.1, 0.15) is 29.8 Å². The molecule has 3 rings (SSSR count). The fourth-order valence-electron chi connectivity index (χ4n) is 3.48. The summed E-state index contributed by atoms with van der Waals surface area (Å²) in [5.74, 6) is -0.201. The summed E-state index contributed by atoms with van der Waals surface area (Å²) in [5.41, 5.74) is 0.179. The highest BCUT2D eigenvalue weighted by Gasteiger charge is 2.43. The zero-order valence-corrected chi connectivity index (χ0v) is 14.3. The first-order chi connectivity index (χ1) is 12.1. The zero-order chi connectivity index (χ0) is 17.9. The third-order valence-electron chi connectivity index (χ3n) is 5.03. The number of fused-ring (bicyclic) bond motifs is 1. The number of ether oxygens (including phenoxy) is 1. The number of likely N-dealkylation sites (tertiary alicyclic amines) is 1. The van der Waals surface area contributed by atoms with Crippen LogP contribution in [0.5, 0.6) is 0 Å². The number of hydrogen-bond acceptors (Lipinski definition) is 6. The second kappa shape index (κ2) is 7.47. The van der Waals surface area contributed by atoms with Crippen molar-refractivity contribution in [1.29, 1.82) is 0 Å². The molecular formula is C17H24N4O4. The Labute approximate surface area is 145 Å². The number of rotatable bonds is 6. The first-order valence-electron chi connectivity index (χ1n) is 8.47. The number of aromatic nitrogens is 3. The van der Waals surface area contributed by atoms with Gasteiger partial charge in [0.25, 0.3) is 5.91 Å². The average Bonchev–Trinajstić information content (AvgIpc) is 3.10. The number of aliphatic hydroxyl groups is 2. The van der Waals surface area contributed by atoms with Crippen LogP contribution in [0.4, 0.5) is 0 Å². The van der Waals surface area contributed by atoms with Gasteiger partial charge in [0.05, 0.1) is 18.9 Å². The number of methoxy groups -OCH3 is 1. The molecule has 0 aliphatic carbocycles. The van der Waals surface area contributed by atoms with E-state index in [1.54, 1.807) is 30.3 Å². The molecule has 0 aromatic carbocycles. The number of H-pyrrole nitrogens is 1. The summed E-state index contributed by atoms with van der Waals surface area (Å²) in [6, 6.07) is 3.48. The van der Waals surface area contributed by atoms with Gasteiger partial charge in [-0.2, -0.15) is 5.10 Å². The van der Waals surface area contributed by atoms with Gasteiger partial charge in [0.1, 0.15) is 5.69 Å². The van der Waals surface area contributed by atoms with E-state index >= 15 is 0 Å². The van der Waals surface area contributed by atoms with Crippen LogP contribution in [-0.4, -0.2) is 75.7 Å². The first kappa shape index (κ1) is 17.8. The molecule has 3 N–H and O–H groups in total. The van der Waals surface area contributed by atoms with Gasteiger partial charge < -0.3 is 19.8 Å². The number of pyridine rings is 1. The Hall–Kier alpha value is -2.03. The van der Waals surface area contributed by atoms with Crippen molar-refractivity contribution in [2.45, 2.75) is 25.4 Å². The van der Waals surface area contributed by atoms with E-state index in [1.807, 2.05) is 0 Å². The third kappa shape index (κ3) is 3.51. The Morgan fingerprint density at radius 2 is 2.36 bits per heavy atom. The fourth-order valence-corrected chi connectivity index (χ4v) is 3.48. The van der Waals surface area contributed by atoms with E-state index < -0.39 is 11.5 Å². The molecule has 0 bridgehead atoms. The lowest BCUT2D eigenvalue weighted by atomic mass is 9.74. The monoisotopic (exact) mass is 348 g/mol. The maximum absolute atomic E-state index is 12.8. The second-order valence-corrected chi connectivity index (χ2v) is 6.65. The van der Waals surface area contributed by atoms with Gasteiger partial charge >= 0.3 is 0 Å². The molecule has 1 fully saturated rings. The summed E-state index contributed by atoms with van der Waals surface area (Å²) >= 11 is 0. The third-order valence-corrected chi connectivity index (χ3v) is 5.03. The van der Waals surface area contributed by atoms with E-state index in [2.05, 4.69) is 15.2 Å². The fraction of sp³-hybridized carbons (Fsp3) is 0.588. The lowest BCUT2D eigenvalue weighted by Gasteiger charge is -2.45. The van der Waals surface area contributed by atoms with Crippen molar-refractivity contribution < 1.29 is 19.7 Å². The highest BCUT2D eigenvalue weighted by atomic mass is 16.5. The second-order valence-electron chi connectivity index (χ2n) is 6.65. The van der Waals surface area contributed by atoms with Crippen molar-refractivity contribution in [3.05, 3.63) is 24.0 Å². The van der Waals surface area contributed by atoms with Gasteiger partial charge in [0, 0.05) is 37.6 Å². The summed E-state index contributed by atoms with van der Waals surface area (Å²) in [6.45, 7) is 1.12. The minimum absolute atomic E-state index is 0.172. The molecule has 1 aliphatic rings. The lowest BCUT2D eigenvalue weighted by molar-refractivity contribution is -0.0745. The molecule has 0 radical (unpaired) electrons. The normalized spacial score (nSPS) is 24.0. The van der Waals surface area contributed by atoms with Gasteiger partial charge in [-0.05, 0) is 31.4 Å². The molecule has 2 aromatic rings. The molecule has 2 aromatic heterocycles. The van der Waals surface area contributed by atoms with Crippen LogP contribution in [0.2, 0.25) is 0 Å². The molecule has 2 atom stereocenters. The number of amides is 1. The average molecular weight is 348 g/mol. The summed E-state index contributed by atoms with van der Waals surface area (Å²) in [7, 11) is 1.62. The van der Waals surface area contributed by atoms with Crippen LogP contribution in [0.3, 0.4) is 0 Å². The van der Waals surface area contributed by atoms with Gasteiger partial charge in [-0.3, -0.25) is 9.89 Å². The van der Waals surface area contributed by atoms with Crippen molar-refractivity contribution in [1.82, 2.24) is 20.1 Å². The molecule has 8 nitrogen and oxygen atoms in total. The Balaban J connectivity index is 1.77. The maximum Gasteiger partial charge on any atom is 0.272 e. The molecule has 1 amide bonds. The van der Waals surface area contributed by atoms with Crippen molar-refractivity contribution >= 4 is 16.9 Å². The van der Waals surface area contributed by atoms with Gasteiger partial charge in [0.2, 0.25) is 0 Å². The lowest BCUT2D eigenvalue weighted by Crippen LogP contribution is -2.55. The van der Waals surface area contributed by atoms with Crippen molar-refractivity contribution in [2.75, 3.05) is 33.4 Å². The minimum Gasteiger partial charge on any atom is -0.396 e. The number of nitrogens with zero attached hydrogens (tertiary/aromatic N) is 3. The quantitative estimate of drug-likeness (QED) is 0.658. The highest BCUT2D eigenvalue weighted by molar-refractivity contribution is 5.94. The van der Waals surface area contributed by atoms with E-state index in [4.69, 9.17) is 4.74 Å². The van der Waals surface area contributed by atoms with Crippen molar-refractivity contribution in [2.24, 2.45) is 5.41 Å². The summed E-state index contributed by atoms with van der Waals surface area (Å²) in [5, 5.41) is 27.9. The molecule has 0 spiro atoms. The number of nitrogens with one attached hydrogen (secondary N) is 1. The smallest absolute Gasteiger partial charge is 0.272 e. The van der Waals surface area contributed by atoms with E-state index in [9.17, 15) is 15.0 Å². The van der Waals surface area contributed by atoms with Crippen molar-refractivity contribution in [3.63, 3.8) is 0 Å². The molecule has 1 aliphatic heterocycles. The predicted octanol–water partition coefficient (Wildman–Crippen LogP) is 0.570. The van der Waals surface area contributed by atoms with Gasteiger partial charge in [-0.25, -0.2) is 4.98 Å². The molecule has 25 heavy (non-hydrogen) atoms. The molecule has 136 valence electrons. The van der Waals surface area contributed by atoms with E-state index in [1.165, 1.54) is 0 Å². The van der Waals surface area contributed by atoms with Crippen LogP contribution < -0.4 is 0 Å². The number of piperidine rings is 1. The molecule has 0 unspecified atom stereocenters. The first-order valence-corrected chi connectivity index (χ1v) is 8.47. The number of carbonyl (C=O) groups is 1. The Morgan fingerprint density at radius 1 is 1.52 bits per heavy atom. The molecule has 1 saturated heterocycles. The van der Waals surface area contributed by atoms with Crippen LogP contribution in [-0.2, 0) is 4.74 Å². The number of aromatic amines is 1. The van der Waals surface area contributed by atoms with Crippen LogP contribution in [0.15, 0.2) is 18.3 Å². The summed E-state index contributed by atoms with van der Waals surface area (Å²) < 4.78 is 5.07. The Kier molecular flexibility index (Phi) is 5.31. The summed E-state index contributed by atoms with van der Waals surface area (Å²) in [6.07, 6.45) is 2.76. The van der Waals surface area contributed by atoms with E-state index in [0.29, 0.717) is 50.3 Å². The standard InChI is InChI=1S/C17H24N4O4/c1-25-8-2-6-17(11-22)10-21(7-5-14(17)23)16(24)13-4-3-12-9-18-20-15(12)19-13/h3-4,9,14,22-23H,2,5-8,10-11H2,1H3,(H,18,19,20)/t14-,17+/m1/s1. The molecule has 3 heterocycles. The maximum atomic E-state index is 12.8. The SMILES string of the molecule is COCCC[C@@]1(CO)CN(C(=O)c2ccc3cn[nH]c3n2)CC[C@H]1O. The van der Waals surface area contributed by atoms with Gasteiger partial charge in [-0.1, -0.05) is 0 Å². The van der Waals surface area contributed by atoms with Gasteiger partial charge in [-0.15, -0.1) is 0 Å². The van der Waals surface area contributed by atoms with E-state index in [-0.39, 0.29) is 12.5 Å². The number of aliphatic hydroxyl groups excluding tert-OH is 2. The van der Waals surface area contributed by atoms with Crippen LogP contribution >= 0.6 is 0 Å². The molecule has 0 saturated carbocycles. The molecule has 8 heteroatoms. The van der Waals surface area contributed by atoms with Gasteiger partial charge in [0.15, 0.2) is 5.65 Å². The number of hydrogen-bond donors (Lipinski definition) is 3. The Morgan fingerprint density at radius 3 is 3.12 bits per heavy atom. The minimum atomic E-state index is -0.718. The van der Waals surface area contributed by atoms with Crippen LogP contribution in [0.25, 0.3) is 11.0 Å². The topological polar surface area (TPSA) is 112 Å². The van der Waals surface area contributed by atoms with E-state index in [0.717, 1.165) is 5.39 Å².